The third-order valence-corrected chi connectivity index (χ3v) is 5.24. The minimum atomic E-state index is -0.289. The van der Waals surface area contributed by atoms with Gasteiger partial charge >= 0.3 is 0 Å². The molecule has 0 fully saturated rings. The van der Waals surface area contributed by atoms with E-state index >= 15 is 0 Å². The van der Waals surface area contributed by atoms with Gasteiger partial charge in [-0.3, -0.25) is 9.79 Å². The molecule has 3 nitrogen and oxygen atoms in total. The molecule has 0 spiro atoms. The molecule has 1 aliphatic heterocycles. The number of halogens is 2. The number of hydrogen-bond donors (Lipinski definition) is 0. The van der Waals surface area contributed by atoms with E-state index < -0.39 is 0 Å². The summed E-state index contributed by atoms with van der Waals surface area (Å²) in [6.45, 7) is 3.05. The van der Waals surface area contributed by atoms with E-state index in [0.29, 0.717) is 5.56 Å². The minimum absolute atomic E-state index is 0. The molecule has 2 aromatic rings. The number of nitrogens with zero attached hydrogens (tertiary/aromatic N) is 2. The molecule has 138 valence electrons. The van der Waals surface area contributed by atoms with Gasteiger partial charge in [-0.05, 0) is 42.7 Å². The molecule has 0 saturated carbocycles. The number of anilines is 1. The Labute approximate surface area is 168 Å². The number of aliphatic imine (C=N–C) groups is 1. The first-order valence-electron chi connectivity index (χ1n) is 8.50. The summed E-state index contributed by atoms with van der Waals surface area (Å²) in [5.74, 6) is 0.722. The Hall–Kier alpha value is -1.66. The minimum Gasteiger partial charge on any atom is -0.313 e. The van der Waals surface area contributed by atoms with Crippen LogP contribution >= 0.6 is 28.7 Å². The third kappa shape index (κ3) is 5.17. The number of amidine groups is 1. The van der Waals surface area contributed by atoms with E-state index in [2.05, 4.69) is 11.9 Å². The highest BCUT2D eigenvalue weighted by Crippen LogP contribution is 2.23. The molecular formula is C20H22BrFN2OS. The lowest BCUT2D eigenvalue weighted by molar-refractivity contribution is 0.100. The van der Waals surface area contributed by atoms with Crippen molar-refractivity contribution in [3.8, 4) is 0 Å². The van der Waals surface area contributed by atoms with Crippen LogP contribution in [0, 0.1) is 5.82 Å². The molecule has 0 N–H and O–H groups in total. The van der Waals surface area contributed by atoms with Gasteiger partial charge in [0, 0.05) is 23.5 Å². The van der Waals surface area contributed by atoms with Gasteiger partial charge in [-0.15, -0.1) is 17.0 Å². The fourth-order valence-electron chi connectivity index (χ4n) is 2.66. The summed E-state index contributed by atoms with van der Waals surface area (Å²) in [7, 11) is 0. The number of carbonyl (C=O) groups is 1. The maximum absolute atomic E-state index is 13.3. The summed E-state index contributed by atoms with van der Waals surface area (Å²) in [5, 5.41) is 0.830. The van der Waals surface area contributed by atoms with Crippen LogP contribution < -0.4 is 4.90 Å². The molecule has 0 radical (unpaired) electrons. The van der Waals surface area contributed by atoms with Crippen molar-refractivity contribution in [1.82, 2.24) is 0 Å². The van der Waals surface area contributed by atoms with Crippen LogP contribution in [0.5, 0.6) is 0 Å². The number of aryl methyl sites for hydroxylation is 1. The second-order valence-corrected chi connectivity index (χ2v) is 6.96. The Morgan fingerprint density at radius 2 is 1.85 bits per heavy atom. The summed E-state index contributed by atoms with van der Waals surface area (Å²) in [5.41, 5.74) is 2.68. The van der Waals surface area contributed by atoms with Gasteiger partial charge in [-0.1, -0.05) is 43.0 Å². The van der Waals surface area contributed by atoms with Crippen LogP contribution in [-0.2, 0) is 6.42 Å². The SMILES string of the molecule is Br.CCc1ccc(C(=O)CN(C2=NCCCS2)c2ccc(F)cc2)cc1. The first-order chi connectivity index (χ1) is 12.2. The van der Waals surface area contributed by atoms with Gasteiger partial charge in [0.15, 0.2) is 11.0 Å². The van der Waals surface area contributed by atoms with E-state index in [0.717, 1.165) is 36.0 Å². The van der Waals surface area contributed by atoms with Gasteiger partial charge in [-0.2, -0.15) is 0 Å². The molecule has 26 heavy (non-hydrogen) atoms. The second kappa shape index (κ2) is 9.88. The van der Waals surface area contributed by atoms with Crippen LogP contribution in [0.1, 0.15) is 29.3 Å². The molecule has 1 aliphatic rings. The average Bonchev–Trinajstić information content (AvgIpc) is 2.67. The summed E-state index contributed by atoms with van der Waals surface area (Å²) in [6.07, 6.45) is 1.99. The van der Waals surface area contributed by atoms with Crippen LogP contribution in [0.3, 0.4) is 0 Å². The van der Waals surface area contributed by atoms with Crippen molar-refractivity contribution >= 4 is 45.4 Å². The van der Waals surface area contributed by atoms with E-state index in [1.807, 2.05) is 29.2 Å². The smallest absolute Gasteiger partial charge is 0.182 e. The van der Waals surface area contributed by atoms with Gasteiger partial charge in [0.05, 0.1) is 6.54 Å². The second-order valence-electron chi connectivity index (χ2n) is 5.90. The lowest BCUT2D eigenvalue weighted by Crippen LogP contribution is -2.35. The Balaban J connectivity index is 0.00000243. The number of carbonyl (C=O) groups excluding carboxylic acids is 1. The molecule has 0 bridgehead atoms. The Kier molecular flexibility index (Phi) is 7.85. The van der Waals surface area contributed by atoms with E-state index in [-0.39, 0.29) is 35.1 Å². The van der Waals surface area contributed by atoms with Crippen LogP contribution in [0.15, 0.2) is 53.5 Å². The summed E-state index contributed by atoms with van der Waals surface area (Å²) >= 11 is 1.64. The fourth-order valence-corrected chi connectivity index (χ4v) is 3.63. The number of thioether (sulfide) groups is 1. The zero-order valence-electron chi connectivity index (χ0n) is 14.7. The lowest BCUT2D eigenvalue weighted by atomic mass is 10.1. The zero-order chi connectivity index (χ0) is 17.6. The molecule has 0 aromatic heterocycles. The highest BCUT2D eigenvalue weighted by Gasteiger charge is 2.20. The molecule has 1 heterocycles. The Morgan fingerprint density at radius 1 is 1.15 bits per heavy atom. The molecule has 2 aromatic carbocycles. The van der Waals surface area contributed by atoms with Crippen molar-refractivity contribution in [2.45, 2.75) is 19.8 Å². The summed E-state index contributed by atoms with van der Waals surface area (Å²) in [4.78, 5) is 19.2. The van der Waals surface area contributed by atoms with Gasteiger partial charge in [0.25, 0.3) is 0 Å². The van der Waals surface area contributed by atoms with Crippen LogP contribution in [0.25, 0.3) is 0 Å². The Morgan fingerprint density at radius 3 is 2.42 bits per heavy atom. The highest BCUT2D eigenvalue weighted by molar-refractivity contribution is 8.93. The van der Waals surface area contributed by atoms with Crippen LogP contribution in [0.4, 0.5) is 10.1 Å². The fraction of sp³-hybridized carbons (Fsp3) is 0.300. The van der Waals surface area contributed by atoms with Crippen molar-refractivity contribution in [3.63, 3.8) is 0 Å². The first-order valence-corrected chi connectivity index (χ1v) is 9.48. The highest BCUT2D eigenvalue weighted by atomic mass is 79.9. The number of benzene rings is 2. The van der Waals surface area contributed by atoms with Gasteiger partial charge in [-0.25, -0.2) is 4.39 Å². The van der Waals surface area contributed by atoms with E-state index in [4.69, 9.17) is 0 Å². The maximum Gasteiger partial charge on any atom is 0.182 e. The van der Waals surface area contributed by atoms with Gasteiger partial charge in [0.2, 0.25) is 0 Å². The van der Waals surface area contributed by atoms with Crippen LogP contribution in [-0.4, -0.2) is 29.8 Å². The average molecular weight is 437 g/mol. The van der Waals surface area contributed by atoms with E-state index in [1.54, 1.807) is 23.9 Å². The molecule has 3 rings (SSSR count). The van der Waals surface area contributed by atoms with E-state index in [9.17, 15) is 9.18 Å². The number of Topliss-reactive ketones (excluding diaryl/α,β-unsaturated/α-hetero) is 1. The maximum atomic E-state index is 13.3. The summed E-state index contributed by atoms with van der Waals surface area (Å²) in [6, 6.07) is 13.9. The number of hydrogen-bond acceptors (Lipinski definition) is 4. The molecular weight excluding hydrogens is 415 g/mol. The van der Waals surface area contributed by atoms with Gasteiger partial charge < -0.3 is 4.90 Å². The van der Waals surface area contributed by atoms with E-state index in [1.165, 1.54) is 17.7 Å². The van der Waals surface area contributed by atoms with Crippen molar-refractivity contribution in [2.24, 2.45) is 4.99 Å². The largest absolute Gasteiger partial charge is 0.313 e. The molecule has 0 amide bonds. The third-order valence-electron chi connectivity index (χ3n) is 4.14. The normalized spacial score (nSPS) is 13.5. The number of rotatable bonds is 5. The topological polar surface area (TPSA) is 32.7 Å². The monoisotopic (exact) mass is 436 g/mol. The lowest BCUT2D eigenvalue weighted by Gasteiger charge is -2.27. The van der Waals surface area contributed by atoms with Crippen molar-refractivity contribution in [1.29, 1.82) is 0 Å². The Bertz CT molecular complexity index is 762. The van der Waals surface area contributed by atoms with Gasteiger partial charge in [0.1, 0.15) is 5.82 Å². The molecule has 0 aliphatic carbocycles. The van der Waals surface area contributed by atoms with Crippen LogP contribution in [0.2, 0.25) is 0 Å². The molecule has 0 unspecified atom stereocenters. The first kappa shape index (κ1) is 20.6. The quantitative estimate of drug-likeness (QED) is 0.607. The summed E-state index contributed by atoms with van der Waals surface area (Å²) < 4.78 is 13.3. The predicted octanol–water partition coefficient (Wildman–Crippen LogP) is 5.15. The van der Waals surface area contributed by atoms with Crippen molar-refractivity contribution < 1.29 is 9.18 Å². The molecule has 0 saturated heterocycles. The molecule has 6 heteroatoms. The van der Waals surface area contributed by atoms with Crippen molar-refractivity contribution in [3.05, 3.63) is 65.5 Å². The predicted molar refractivity (Wildman–Crippen MR) is 114 cm³/mol. The van der Waals surface area contributed by atoms with Crippen molar-refractivity contribution in [2.75, 3.05) is 23.7 Å². The zero-order valence-corrected chi connectivity index (χ0v) is 17.2. The number of ketones is 1. The standard InChI is InChI=1S/C20H21FN2OS.BrH/c1-2-15-4-6-16(7-5-15)19(24)14-23(20-22-12-3-13-25-20)18-10-8-17(21)9-11-18;/h4-11H,2-3,12-14H2,1H3;1H. The molecule has 0 atom stereocenters.